The number of aliphatic hydroxyl groups excluding tert-OH is 1. The predicted molar refractivity (Wildman–Crippen MR) is 226 cm³/mol. The van der Waals surface area contributed by atoms with Crippen LogP contribution < -0.4 is 5.32 Å². The van der Waals surface area contributed by atoms with Crippen LogP contribution in [0.25, 0.3) is 0 Å². The highest BCUT2D eigenvalue weighted by Gasteiger charge is 2.27. The maximum Gasteiger partial charge on any atom is 0.472 e. The Morgan fingerprint density at radius 1 is 0.660 bits per heavy atom. The number of phosphoric acid groups is 1. The first-order valence-electron chi connectivity index (χ1n) is 21.5. The first-order valence-corrected chi connectivity index (χ1v) is 23.0. The second-order valence-corrected chi connectivity index (χ2v) is 17.2. The van der Waals surface area contributed by atoms with Crippen molar-refractivity contribution in [2.45, 2.75) is 187 Å². The van der Waals surface area contributed by atoms with Gasteiger partial charge in [0.05, 0.1) is 39.9 Å². The SMILES string of the molecule is C/C=C/CC/C=C/CC/C=C/C(O)C(COP(=O)(O)OCC[N+](C)(C)C)NC(=O)CCCCCCCCC/C=C\CCCCCCCCCCCCC. The van der Waals surface area contributed by atoms with Crippen molar-refractivity contribution in [2.24, 2.45) is 0 Å². The first-order chi connectivity index (χ1) is 25.5. The van der Waals surface area contributed by atoms with Gasteiger partial charge in [-0.15, -0.1) is 0 Å². The quantitative estimate of drug-likeness (QED) is 0.0250. The fourth-order valence-electron chi connectivity index (χ4n) is 5.90. The fraction of sp³-hybridized carbons (Fsp3) is 0.795. The van der Waals surface area contributed by atoms with E-state index in [0.29, 0.717) is 17.4 Å². The summed E-state index contributed by atoms with van der Waals surface area (Å²) in [7, 11) is 1.53. The Kier molecular flexibility index (Phi) is 35.1. The Morgan fingerprint density at radius 2 is 1.11 bits per heavy atom. The fourth-order valence-corrected chi connectivity index (χ4v) is 6.63. The highest BCUT2D eigenvalue weighted by Crippen LogP contribution is 2.43. The van der Waals surface area contributed by atoms with E-state index in [9.17, 15) is 19.4 Å². The zero-order chi connectivity index (χ0) is 39.3. The molecule has 8 nitrogen and oxygen atoms in total. The number of aliphatic hydroxyl groups is 1. The molecule has 0 heterocycles. The number of quaternary nitrogens is 1. The van der Waals surface area contributed by atoms with Gasteiger partial charge in [0.1, 0.15) is 13.2 Å². The van der Waals surface area contributed by atoms with Gasteiger partial charge in [-0.05, 0) is 64.7 Å². The number of rotatable bonds is 38. The summed E-state index contributed by atoms with van der Waals surface area (Å²) in [6.45, 7) is 4.54. The van der Waals surface area contributed by atoms with Crippen LogP contribution in [0.5, 0.6) is 0 Å². The molecule has 0 aliphatic rings. The zero-order valence-electron chi connectivity index (χ0n) is 35.0. The summed E-state index contributed by atoms with van der Waals surface area (Å²) >= 11 is 0. The molecule has 0 saturated carbocycles. The van der Waals surface area contributed by atoms with Crippen LogP contribution in [-0.4, -0.2) is 73.4 Å². The van der Waals surface area contributed by atoms with E-state index in [4.69, 9.17) is 9.05 Å². The number of allylic oxidation sites excluding steroid dienone is 7. The van der Waals surface area contributed by atoms with Gasteiger partial charge in [-0.2, -0.15) is 0 Å². The number of carbonyl (C=O) groups excluding carboxylic acids is 1. The number of nitrogens with zero attached hydrogens (tertiary/aromatic N) is 1. The van der Waals surface area contributed by atoms with Crippen LogP contribution in [0, 0.1) is 0 Å². The van der Waals surface area contributed by atoms with E-state index in [1.165, 1.54) is 109 Å². The number of hydrogen-bond acceptors (Lipinski definition) is 5. The molecule has 0 radical (unpaired) electrons. The molecule has 0 aromatic carbocycles. The highest BCUT2D eigenvalue weighted by atomic mass is 31.2. The van der Waals surface area contributed by atoms with E-state index >= 15 is 0 Å². The largest absolute Gasteiger partial charge is 0.472 e. The van der Waals surface area contributed by atoms with Crippen molar-refractivity contribution in [2.75, 3.05) is 40.9 Å². The molecule has 0 spiro atoms. The van der Waals surface area contributed by atoms with E-state index < -0.39 is 20.0 Å². The number of unbranched alkanes of at least 4 members (excludes halogenated alkanes) is 20. The third-order valence-electron chi connectivity index (χ3n) is 9.34. The molecule has 0 aromatic rings. The molecule has 0 rings (SSSR count). The van der Waals surface area contributed by atoms with E-state index in [1.54, 1.807) is 6.08 Å². The minimum atomic E-state index is -4.34. The first kappa shape index (κ1) is 51.5. The second kappa shape index (κ2) is 36.1. The van der Waals surface area contributed by atoms with Crippen molar-refractivity contribution in [1.29, 1.82) is 0 Å². The molecule has 53 heavy (non-hydrogen) atoms. The molecule has 9 heteroatoms. The Morgan fingerprint density at radius 3 is 1.62 bits per heavy atom. The van der Waals surface area contributed by atoms with Crippen molar-refractivity contribution in [1.82, 2.24) is 5.32 Å². The summed E-state index contributed by atoms with van der Waals surface area (Å²) in [6.07, 6.45) is 45.0. The molecule has 0 saturated heterocycles. The zero-order valence-corrected chi connectivity index (χ0v) is 35.9. The molecule has 3 atom stereocenters. The standard InChI is InChI=1S/C44H83N2O6P/c1-6-8-10-12-14-16-17-18-19-20-21-22-23-24-25-26-27-28-30-32-34-36-38-44(48)45-42(41-52-53(49,50)51-40-39-46(3,4)5)43(47)37-35-33-31-29-15-13-11-9-7-2/h7,9,15,23-24,29,35,37,42-43,47H,6,8,10-14,16-22,25-28,30-34,36,38-41H2,1-5H3,(H-,45,48,49,50)/p+1/b9-7+,24-23-,29-15+,37-35+. The second-order valence-electron chi connectivity index (χ2n) is 15.7. The van der Waals surface area contributed by atoms with Gasteiger partial charge in [0.15, 0.2) is 0 Å². The molecule has 1 amide bonds. The molecule has 0 bridgehead atoms. The number of amides is 1. The molecule has 0 aromatic heterocycles. The molecule has 310 valence electrons. The van der Waals surface area contributed by atoms with Crippen LogP contribution in [0.1, 0.15) is 174 Å². The summed E-state index contributed by atoms with van der Waals surface area (Å²) in [6, 6.07) is -0.869. The summed E-state index contributed by atoms with van der Waals surface area (Å²) in [4.78, 5) is 23.0. The van der Waals surface area contributed by atoms with Crippen molar-refractivity contribution in [3.8, 4) is 0 Å². The Bertz CT molecular complexity index is 1010. The number of phosphoric ester groups is 1. The molecular weight excluding hydrogens is 683 g/mol. The molecule has 0 aliphatic carbocycles. The van der Waals surface area contributed by atoms with Crippen molar-refractivity contribution in [3.05, 3.63) is 48.6 Å². The van der Waals surface area contributed by atoms with Gasteiger partial charge in [0, 0.05) is 6.42 Å². The minimum absolute atomic E-state index is 0.0512. The van der Waals surface area contributed by atoms with E-state index in [2.05, 4.69) is 42.6 Å². The molecule has 3 N–H and O–H groups in total. The third kappa shape index (κ3) is 38.5. The Balaban J connectivity index is 4.28. The van der Waals surface area contributed by atoms with E-state index in [-0.39, 0.29) is 19.1 Å². The Hall–Kier alpha value is -1.54. The third-order valence-corrected chi connectivity index (χ3v) is 10.3. The van der Waals surface area contributed by atoms with Crippen LogP contribution in [0.4, 0.5) is 0 Å². The van der Waals surface area contributed by atoms with Crippen LogP contribution in [-0.2, 0) is 18.4 Å². The van der Waals surface area contributed by atoms with E-state index in [1.807, 2.05) is 40.2 Å². The minimum Gasteiger partial charge on any atom is -0.387 e. The van der Waals surface area contributed by atoms with Gasteiger partial charge >= 0.3 is 7.82 Å². The summed E-state index contributed by atoms with van der Waals surface area (Å²) in [5, 5.41) is 13.7. The molecular formula is C44H84N2O6P+. The highest BCUT2D eigenvalue weighted by molar-refractivity contribution is 7.47. The van der Waals surface area contributed by atoms with Crippen LogP contribution in [0.2, 0.25) is 0 Å². The smallest absolute Gasteiger partial charge is 0.387 e. The van der Waals surface area contributed by atoms with Crippen LogP contribution in [0.15, 0.2) is 48.6 Å². The molecule has 0 aliphatic heterocycles. The van der Waals surface area contributed by atoms with Gasteiger partial charge < -0.3 is 19.8 Å². The van der Waals surface area contributed by atoms with Gasteiger partial charge in [-0.1, -0.05) is 152 Å². The topological polar surface area (TPSA) is 105 Å². The normalized spacial score (nSPS) is 14.9. The number of nitrogens with one attached hydrogen (secondary N) is 1. The lowest BCUT2D eigenvalue weighted by atomic mass is 10.0. The van der Waals surface area contributed by atoms with Gasteiger partial charge in [0.2, 0.25) is 5.91 Å². The van der Waals surface area contributed by atoms with Gasteiger partial charge in [-0.3, -0.25) is 13.8 Å². The van der Waals surface area contributed by atoms with E-state index in [0.717, 1.165) is 44.9 Å². The lowest BCUT2D eigenvalue weighted by molar-refractivity contribution is -0.870. The molecule has 3 unspecified atom stereocenters. The van der Waals surface area contributed by atoms with Crippen LogP contribution >= 0.6 is 7.82 Å². The number of hydrogen-bond donors (Lipinski definition) is 3. The summed E-state index contributed by atoms with van der Waals surface area (Å²) in [5.41, 5.74) is 0. The molecule has 0 fully saturated rings. The summed E-state index contributed by atoms with van der Waals surface area (Å²) < 4.78 is 23.4. The maximum atomic E-state index is 12.8. The van der Waals surface area contributed by atoms with Crippen molar-refractivity contribution in [3.63, 3.8) is 0 Å². The lowest BCUT2D eigenvalue weighted by Crippen LogP contribution is -2.45. The van der Waals surface area contributed by atoms with Gasteiger partial charge in [0.25, 0.3) is 0 Å². The monoisotopic (exact) mass is 768 g/mol. The van der Waals surface area contributed by atoms with Crippen LogP contribution in [0.3, 0.4) is 0 Å². The van der Waals surface area contributed by atoms with Crippen molar-refractivity contribution < 1.29 is 32.9 Å². The van der Waals surface area contributed by atoms with Crippen molar-refractivity contribution >= 4 is 13.7 Å². The lowest BCUT2D eigenvalue weighted by Gasteiger charge is -2.25. The number of likely N-dealkylation sites (N-methyl/N-ethyl adjacent to an activating group) is 1. The average molecular weight is 768 g/mol. The number of carbonyl (C=O) groups is 1. The van der Waals surface area contributed by atoms with Gasteiger partial charge in [-0.25, -0.2) is 4.57 Å². The summed E-state index contributed by atoms with van der Waals surface area (Å²) in [5.74, 6) is -0.200. The maximum absolute atomic E-state index is 12.8. The average Bonchev–Trinajstić information content (AvgIpc) is 3.10. The Labute approximate surface area is 327 Å². The predicted octanol–water partition coefficient (Wildman–Crippen LogP) is 11.7.